The molecule has 21 heavy (non-hydrogen) atoms. The van der Waals surface area contributed by atoms with E-state index in [1.54, 1.807) is 0 Å². The lowest BCUT2D eigenvalue weighted by Gasteiger charge is -2.21. The third kappa shape index (κ3) is 2.76. The number of ether oxygens (including phenoxy) is 1. The quantitative estimate of drug-likeness (QED) is 0.864. The summed E-state index contributed by atoms with van der Waals surface area (Å²) in [6.07, 6.45) is 0. The Morgan fingerprint density at radius 2 is 2.29 bits per heavy atom. The lowest BCUT2D eigenvalue weighted by Crippen LogP contribution is -2.35. The molecule has 7 heteroatoms. The van der Waals surface area contributed by atoms with Crippen LogP contribution in [0.25, 0.3) is 0 Å². The van der Waals surface area contributed by atoms with Gasteiger partial charge in [0.2, 0.25) is 5.13 Å². The van der Waals surface area contributed by atoms with Gasteiger partial charge in [0.25, 0.3) is 0 Å². The summed E-state index contributed by atoms with van der Waals surface area (Å²) in [4.78, 5) is 18.6. The van der Waals surface area contributed by atoms with Crippen LogP contribution < -0.4 is 5.32 Å². The zero-order chi connectivity index (χ0) is 15.3. The van der Waals surface area contributed by atoms with E-state index in [0.29, 0.717) is 11.0 Å². The van der Waals surface area contributed by atoms with Crippen molar-refractivity contribution in [2.75, 3.05) is 31.6 Å². The Morgan fingerprint density at radius 1 is 1.52 bits per heavy atom. The molecular formula is C14H22N4O2S. The molecule has 116 valence electrons. The van der Waals surface area contributed by atoms with Gasteiger partial charge in [-0.15, -0.1) is 0 Å². The summed E-state index contributed by atoms with van der Waals surface area (Å²) in [5, 5.41) is 3.45. The van der Waals surface area contributed by atoms with E-state index in [1.165, 1.54) is 11.5 Å². The minimum absolute atomic E-state index is 0.0813. The molecule has 2 amide bonds. The van der Waals surface area contributed by atoms with Gasteiger partial charge < -0.3 is 9.64 Å². The lowest BCUT2D eigenvalue weighted by molar-refractivity contribution is 0.140. The van der Waals surface area contributed by atoms with Crippen molar-refractivity contribution in [1.29, 1.82) is 0 Å². The SMILES string of the molecule is CC(C)(C)c1nsc(NC(=O)N2CC3COCC3(C)C2)n1. The van der Waals surface area contributed by atoms with Crippen molar-refractivity contribution in [2.45, 2.75) is 33.1 Å². The molecule has 2 unspecified atom stereocenters. The summed E-state index contributed by atoms with van der Waals surface area (Å²) in [5.41, 5.74) is 0.00397. The fraction of sp³-hybridized carbons (Fsp3) is 0.786. The average molecular weight is 310 g/mol. The Kier molecular flexibility index (Phi) is 3.44. The van der Waals surface area contributed by atoms with Crippen LogP contribution in [0.15, 0.2) is 0 Å². The maximum Gasteiger partial charge on any atom is 0.323 e. The molecule has 2 saturated heterocycles. The molecule has 0 saturated carbocycles. The van der Waals surface area contributed by atoms with E-state index in [-0.39, 0.29) is 16.9 Å². The van der Waals surface area contributed by atoms with Gasteiger partial charge in [-0.05, 0) is 0 Å². The Hall–Kier alpha value is -1.21. The average Bonchev–Trinajstić information content (AvgIpc) is 3.00. The molecule has 3 heterocycles. The number of nitrogens with zero attached hydrogens (tertiary/aromatic N) is 3. The third-order valence-corrected chi connectivity index (χ3v) is 4.96. The molecule has 1 aromatic heterocycles. The van der Waals surface area contributed by atoms with E-state index in [1.807, 2.05) is 4.90 Å². The Labute approximate surface area is 129 Å². The van der Waals surface area contributed by atoms with Gasteiger partial charge in [-0.3, -0.25) is 5.32 Å². The molecule has 0 bridgehead atoms. The van der Waals surface area contributed by atoms with E-state index in [9.17, 15) is 4.79 Å². The van der Waals surface area contributed by atoms with Crippen LogP contribution in [0.4, 0.5) is 9.93 Å². The summed E-state index contributed by atoms with van der Waals surface area (Å²) < 4.78 is 9.84. The molecule has 0 radical (unpaired) electrons. The van der Waals surface area contributed by atoms with Gasteiger partial charge in [0.05, 0.1) is 13.2 Å². The van der Waals surface area contributed by atoms with Gasteiger partial charge in [0.15, 0.2) is 0 Å². The topological polar surface area (TPSA) is 67.4 Å². The van der Waals surface area contributed by atoms with Crippen molar-refractivity contribution in [1.82, 2.24) is 14.3 Å². The van der Waals surface area contributed by atoms with Gasteiger partial charge in [0, 0.05) is 41.4 Å². The minimum atomic E-state index is -0.102. The van der Waals surface area contributed by atoms with Gasteiger partial charge in [-0.1, -0.05) is 27.7 Å². The van der Waals surface area contributed by atoms with Gasteiger partial charge in [-0.25, -0.2) is 9.78 Å². The highest BCUT2D eigenvalue weighted by Gasteiger charge is 2.48. The maximum atomic E-state index is 12.4. The molecule has 2 aliphatic heterocycles. The van der Waals surface area contributed by atoms with E-state index >= 15 is 0 Å². The number of carbonyl (C=O) groups is 1. The zero-order valence-corrected chi connectivity index (χ0v) is 13.8. The molecule has 2 fully saturated rings. The fourth-order valence-electron chi connectivity index (χ4n) is 2.87. The van der Waals surface area contributed by atoms with Crippen LogP contribution in [0.5, 0.6) is 0 Å². The molecule has 6 nitrogen and oxygen atoms in total. The van der Waals surface area contributed by atoms with Crippen LogP contribution in [-0.4, -0.2) is 46.6 Å². The first-order valence-electron chi connectivity index (χ1n) is 7.26. The first-order chi connectivity index (χ1) is 9.78. The number of urea groups is 1. The Bertz CT molecular complexity index is 553. The van der Waals surface area contributed by atoms with E-state index in [4.69, 9.17) is 4.74 Å². The summed E-state index contributed by atoms with van der Waals surface area (Å²) in [5.74, 6) is 1.21. The maximum absolute atomic E-state index is 12.4. The predicted octanol–water partition coefficient (Wildman–Crippen LogP) is 2.34. The summed E-state index contributed by atoms with van der Waals surface area (Å²) in [6.45, 7) is 11.4. The van der Waals surface area contributed by atoms with Crippen LogP contribution in [-0.2, 0) is 10.2 Å². The van der Waals surface area contributed by atoms with Crippen LogP contribution >= 0.6 is 11.5 Å². The van der Waals surface area contributed by atoms with Crippen molar-refractivity contribution in [2.24, 2.45) is 11.3 Å². The zero-order valence-electron chi connectivity index (χ0n) is 13.0. The summed E-state index contributed by atoms with van der Waals surface area (Å²) in [6, 6.07) is -0.0813. The van der Waals surface area contributed by atoms with Crippen LogP contribution in [0.3, 0.4) is 0 Å². The Morgan fingerprint density at radius 3 is 2.90 bits per heavy atom. The third-order valence-electron chi connectivity index (χ3n) is 4.33. The number of likely N-dealkylation sites (tertiary alicyclic amines) is 1. The molecule has 1 N–H and O–H groups in total. The number of fused-ring (bicyclic) bond motifs is 1. The molecule has 1 aromatic rings. The molecule has 2 aliphatic rings. The van der Waals surface area contributed by atoms with E-state index < -0.39 is 0 Å². The molecule has 2 atom stereocenters. The first-order valence-corrected chi connectivity index (χ1v) is 8.03. The highest BCUT2D eigenvalue weighted by molar-refractivity contribution is 7.09. The molecular weight excluding hydrogens is 288 g/mol. The lowest BCUT2D eigenvalue weighted by atomic mass is 9.83. The van der Waals surface area contributed by atoms with Crippen molar-refractivity contribution in [3.05, 3.63) is 5.82 Å². The second-order valence-corrected chi connectivity index (χ2v) is 8.10. The van der Waals surface area contributed by atoms with Crippen molar-refractivity contribution in [3.8, 4) is 0 Å². The summed E-state index contributed by atoms with van der Waals surface area (Å²) >= 11 is 1.24. The second-order valence-electron chi connectivity index (χ2n) is 7.35. The van der Waals surface area contributed by atoms with Crippen molar-refractivity contribution >= 4 is 22.7 Å². The standard InChI is InChI=1S/C14H22N4O2S/c1-13(2,3)10-15-11(21-17-10)16-12(19)18-5-9-6-20-8-14(9,4)7-18/h9H,5-8H2,1-4H3,(H,15,16,17,19). The van der Waals surface area contributed by atoms with Gasteiger partial charge in [-0.2, -0.15) is 4.37 Å². The van der Waals surface area contributed by atoms with Gasteiger partial charge >= 0.3 is 6.03 Å². The van der Waals surface area contributed by atoms with Crippen molar-refractivity contribution < 1.29 is 9.53 Å². The van der Waals surface area contributed by atoms with Crippen LogP contribution in [0, 0.1) is 11.3 Å². The predicted molar refractivity (Wildman–Crippen MR) is 81.6 cm³/mol. The smallest absolute Gasteiger partial charge is 0.323 e. The van der Waals surface area contributed by atoms with Crippen LogP contribution in [0.1, 0.15) is 33.5 Å². The highest BCUT2D eigenvalue weighted by atomic mass is 32.1. The van der Waals surface area contributed by atoms with Crippen molar-refractivity contribution in [3.63, 3.8) is 0 Å². The molecule has 3 rings (SSSR count). The second kappa shape index (κ2) is 4.91. The van der Waals surface area contributed by atoms with E-state index in [2.05, 4.69) is 42.4 Å². The minimum Gasteiger partial charge on any atom is -0.380 e. The normalized spacial score (nSPS) is 28.8. The largest absolute Gasteiger partial charge is 0.380 e. The number of amides is 2. The number of rotatable bonds is 1. The molecule has 0 spiro atoms. The molecule has 0 aliphatic carbocycles. The molecule has 0 aromatic carbocycles. The van der Waals surface area contributed by atoms with Crippen LogP contribution in [0.2, 0.25) is 0 Å². The summed E-state index contributed by atoms with van der Waals surface area (Å²) in [7, 11) is 0. The highest BCUT2D eigenvalue weighted by Crippen LogP contribution is 2.40. The Balaban J connectivity index is 1.64. The number of carbonyl (C=O) groups excluding carboxylic acids is 1. The number of anilines is 1. The first kappa shape index (κ1) is 14.7. The van der Waals surface area contributed by atoms with E-state index in [0.717, 1.165) is 32.1 Å². The number of aromatic nitrogens is 2. The number of hydrogen-bond donors (Lipinski definition) is 1. The number of nitrogens with one attached hydrogen (secondary N) is 1. The monoisotopic (exact) mass is 310 g/mol. The number of hydrogen-bond acceptors (Lipinski definition) is 5. The van der Waals surface area contributed by atoms with Gasteiger partial charge in [0.1, 0.15) is 5.82 Å². The fourth-order valence-corrected chi connectivity index (χ4v) is 3.62.